The number of rotatable bonds is 3. The van der Waals surface area contributed by atoms with E-state index in [1.165, 1.54) is 31.3 Å². The summed E-state index contributed by atoms with van der Waals surface area (Å²) in [5.41, 5.74) is 4.48. The van der Waals surface area contributed by atoms with Crippen molar-refractivity contribution in [3.05, 3.63) is 53.3 Å². The summed E-state index contributed by atoms with van der Waals surface area (Å²) in [6.07, 6.45) is -3.81. The summed E-state index contributed by atoms with van der Waals surface area (Å²) in [5, 5.41) is 0. The molecule has 2 aromatic carbocycles. The Morgan fingerprint density at radius 1 is 1.12 bits per heavy atom. The molecule has 0 bridgehead atoms. The van der Waals surface area contributed by atoms with Crippen molar-refractivity contribution in [3.8, 4) is 11.5 Å². The first-order chi connectivity index (χ1) is 11.7. The first-order valence-corrected chi connectivity index (χ1v) is 6.96. The number of halogens is 3. The maximum atomic E-state index is 14.3. The van der Waals surface area contributed by atoms with Gasteiger partial charge in [-0.05, 0) is 30.3 Å². The first-order valence-electron chi connectivity index (χ1n) is 6.96. The smallest absolute Gasteiger partial charge is 0.395 e. The van der Waals surface area contributed by atoms with Crippen LogP contribution in [0.3, 0.4) is 0 Å². The van der Waals surface area contributed by atoms with Gasteiger partial charge in [0.1, 0.15) is 0 Å². The number of hydrogen-bond acceptors (Lipinski definition) is 4. The number of ether oxygens (including phenoxy) is 2. The molecule has 6 nitrogen and oxygen atoms in total. The number of nitrogens with zero attached hydrogens (tertiary/aromatic N) is 1. The van der Waals surface area contributed by atoms with E-state index in [1.54, 1.807) is 0 Å². The molecule has 0 saturated heterocycles. The average molecular weight is 352 g/mol. The molecule has 1 aliphatic heterocycles. The lowest BCUT2D eigenvalue weighted by Gasteiger charge is -2.19. The Bertz CT molecular complexity index is 886. The van der Waals surface area contributed by atoms with Crippen LogP contribution >= 0.6 is 0 Å². The third kappa shape index (κ3) is 2.95. The van der Waals surface area contributed by atoms with Gasteiger partial charge < -0.3 is 20.1 Å². The molecule has 2 aromatic rings. The molecule has 0 fully saturated rings. The number of carbonyl (C=O) groups excluding carboxylic acids is 2. The molecule has 2 amide bonds. The number of anilines is 1. The normalized spacial score (nSPS) is 14.2. The second-order valence-electron chi connectivity index (χ2n) is 5.20. The van der Waals surface area contributed by atoms with Gasteiger partial charge in [-0.25, -0.2) is 4.39 Å². The summed E-state index contributed by atoms with van der Waals surface area (Å²) in [6, 6.07) is 7.27. The van der Waals surface area contributed by atoms with E-state index in [0.29, 0.717) is 0 Å². The Morgan fingerprint density at radius 2 is 1.80 bits per heavy atom. The highest BCUT2D eigenvalue weighted by atomic mass is 19.3. The van der Waals surface area contributed by atoms with Crippen molar-refractivity contribution >= 4 is 17.5 Å². The van der Waals surface area contributed by atoms with Crippen molar-refractivity contribution in [1.29, 1.82) is 0 Å². The molecule has 9 heteroatoms. The lowest BCUT2D eigenvalue weighted by molar-refractivity contribution is -0.286. The van der Waals surface area contributed by atoms with Crippen molar-refractivity contribution in [2.75, 3.05) is 11.9 Å². The molecule has 1 heterocycles. The van der Waals surface area contributed by atoms with Crippen molar-refractivity contribution in [3.63, 3.8) is 0 Å². The highest BCUT2D eigenvalue weighted by molar-refractivity contribution is 6.07. The van der Waals surface area contributed by atoms with E-state index >= 15 is 0 Å². The van der Waals surface area contributed by atoms with Crippen LogP contribution in [-0.2, 0) is 0 Å². The zero-order valence-corrected chi connectivity index (χ0v) is 12.8. The highest BCUT2D eigenvalue weighted by Gasteiger charge is 2.43. The summed E-state index contributed by atoms with van der Waals surface area (Å²) >= 11 is 0. The van der Waals surface area contributed by atoms with Crippen LogP contribution in [0.15, 0.2) is 36.4 Å². The first kappa shape index (κ1) is 16.6. The van der Waals surface area contributed by atoms with Gasteiger partial charge in [0.2, 0.25) is 0 Å². The topological polar surface area (TPSA) is 81.9 Å². The number of hydrogen-bond donors (Lipinski definition) is 1. The van der Waals surface area contributed by atoms with Gasteiger partial charge in [0.05, 0.1) is 11.3 Å². The van der Waals surface area contributed by atoms with Crippen LogP contribution in [0.4, 0.5) is 18.9 Å². The van der Waals surface area contributed by atoms with Crippen molar-refractivity contribution in [2.24, 2.45) is 5.73 Å². The van der Waals surface area contributed by atoms with Crippen molar-refractivity contribution in [1.82, 2.24) is 0 Å². The van der Waals surface area contributed by atoms with Crippen molar-refractivity contribution in [2.45, 2.75) is 6.29 Å². The largest absolute Gasteiger partial charge is 0.586 e. The third-order valence-electron chi connectivity index (χ3n) is 3.56. The number of carbonyl (C=O) groups is 2. The Kier molecular flexibility index (Phi) is 3.78. The summed E-state index contributed by atoms with van der Waals surface area (Å²) in [7, 11) is 1.27. The zero-order chi connectivity index (χ0) is 18.4. The van der Waals surface area contributed by atoms with E-state index in [1.807, 2.05) is 0 Å². The molecule has 0 unspecified atom stereocenters. The standard InChI is InChI=1S/C16H11F3N2O4/c1-21(10-4-2-3-9(13(10)17)14(20)22)15(23)8-5-6-11-12(7-8)25-16(18,19)24-11/h2-7H,1H3,(H2,20,22). The van der Waals surface area contributed by atoms with E-state index in [-0.39, 0.29) is 28.3 Å². The molecule has 0 aliphatic carbocycles. The number of amides is 2. The van der Waals surface area contributed by atoms with E-state index < -0.39 is 23.9 Å². The predicted molar refractivity (Wildman–Crippen MR) is 80.3 cm³/mol. The van der Waals surface area contributed by atoms with Crippen LogP contribution in [0, 0.1) is 5.82 Å². The molecule has 3 rings (SSSR count). The third-order valence-corrected chi connectivity index (χ3v) is 3.56. The monoisotopic (exact) mass is 352 g/mol. The summed E-state index contributed by atoms with van der Waals surface area (Å²) < 4.78 is 48.9. The fourth-order valence-electron chi connectivity index (χ4n) is 2.35. The molecule has 1 aliphatic rings. The predicted octanol–water partition coefficient (Wildman–Crippen LogP) is 2.52. The Labute approximate surface area is 139 Å². The van der Waals surface area contributed by atoms with E-state index in [0.717, 1.165) is 17.0 Å². The molecule has 0 aromatic heterocycles. The maximum absolute atomic E-state index is 14.3. The number of benzene rings is 2. The molecule has 2 N–H and O–H groups in total. The minimum absolute atomic E-state index is 0.0357. The molecule has 0 radical (unpaired) electrons. The van der Waals surface area contributed by atoms with Gasteiger partial charge in [0.25, 0.3) is 11.8 Å². The SMILES string of the molecule is CN(C(=O)c1ccc2c(c1)OC(F)(F)O2)c1cccc(C(N)=O)c1F. The van der Waals surface area contributed by atoms with E-state index in [2.05, 4.69) is 9.47 Å². The minimum atomic E-state index is -3.81. The van der Waals surface area contributed by atoms with Crippen LogP contribution in [0.1, 0.15) is 20.7 Å². The molecular weight excluding hydrogens is 341 g/mol. The van der Waals surface area contributed by atoms with Gasteiger partial charge in [-0.15, -0.1) is 8.78 Å². The lowest BCUT2D eigenvalue weighted by Crippen LogP contribution is -2.28. The second kappa shape index (κ2) is 5.69. The average Bonchev–Trinajstić information content (AvgIpc) is 2.86. The lowest BCUT2D eigenvalue weighted by atomic mass is 10.1. The number of primary amides is 1. The quantitative estimate of drug-likeness (QED) is 0.920. The van der Waals surface area contributed by atoms with Crippen molar-refractivity contribution < 1.29 is 32.2 Å². The maximum Gasteiger partial charge on any atom is 0.586 e. The van der Waals surface area contributed by atoms with E-state index in [4.69, 9.17) is 5.73 Å². The summed E-state index contributed by atoms with van der Waals surface area (Å²) in [6.45, 7) is 0. The Balaban J connectivity index is 1.92. The Morgan fingerprint density at radius 3 is 2.48 bits per heavy atom. The molecule has 25 heavy (non-hydrogen) atoms. The van der Waals surface area contributed by atoms with Gasteiger partial charge >= 0.3 is 6.29 Å². The number of alkyl halides is 2. The second-order valence-corrected chi connectivity index (χ2v) is 5.20. The van der Waals surface area contributed by atoms with E-state index in [9.17, 15) is 22.8 Å². The van der Waals surface area contributed by atoms with Gasteiger partial charge in [0, 0.05) is 12.6 Å². The number of fused-ring (bicyclic) bond motifs is 1. The molecule has 0 spiro atoms. The van der Waals surface area contributed by atoms with Gasteiger partial charge in [-0.3, -0.25) is 9.59 Å². The molecule has 0 saturated carbocycles. The van der Waals surface area contributed by atoms with Crippen LogP contribution < -0.4 is 20.1 Å². The summed E-state index contributed by atoms with van der Waals surface area (Å²) in [5.74, 6) is -3.17. The Hall–Kier alpha value is -3.23. The molecule has 130 valence electrons. The molecular formula is C16H11F3N2O4. The van der Waals surface area contributed by atoms with Crippen LogP contribution in [-0.4, -0.2) is 25.2 Å². The zero-order valence-electron chi connectivity index (χ0n) is 12.8. The fourth-order valence-corrected chi connectivity index (χ4v) is 2.35. The fraction of sp³-hybridized carbons (Fsp3) is 0.125. The number of nitrogens with two attached hydrogens (primary N) is 1. The summed E-state index contributed by atoms with van der Waals surface area (Å²) in [4.78, 5) is 24.6. The van der Waals surface area contributed by atoms with Crippen LogP contribution in [0.25, 0.3) is 0 Å². The van der Waals surface area contributed by atoms with Crippen LogP contribution in [0.5, 0.6) is 11.5 Å². The van der Waals surface area contributed by atoms with Gasteiger partial charge in [-0.1, -0.05) is 6.07 Å². The van der Waals surface area contributed by atoms with Gasteiger partial charge in [-0.2, -0.15) is 0 Å². The highest BCUT2D eigenvalue weighted by Crippen LogP contribution is 2.41. The minimum Gasteiger partial charge on any atom is -0.395 e. The molecule has 0 atom stereocenters. The van der Waals surface area contributed by atoms with Crippen LogP contribution in [0.2, 0.25) is 0 Å². The van der Waals surface area contributed by atoms with Gasteiger partial charge in [0.15, 0.2) is 17.3 Å².